The summed E-state index contributed by atoms with van der Waals surface area (Å²) in [7, 11) is 0. The second-order valence-electron chi connectivity index (χ2n) is 6.30. The number of hydrogen-bond acceptors (Lipinski definition) is 2. The lowest BCUT2D eigenvalue weighted by molar-refractivity contribution is 0.341. The van der Waals surface area contributed by atoms with E-state index < -0.39 is 0 Å². The second-order valence-corrected chi connectivity index (χ2v) is 6.74. The summed E-state index contributed by atoms with van der Waals surface area (Å²) in [4.78, 5) is 3.63. The maximum absolute atomic E-state index is 6.33. The zero-order valence-electron chi connectivity index (χ0n) is 14.9. The number of para-hydroxylation sites is 1. The molecule has 2 aromatic carbocycles. The van der Waals surface area contributed by atoms with Crippen LogP contribution in [-0.4, -0.2) is 18.1 Å². The van der Waals surface area contributed by atoms with E-state index in [0.717, 1.165) is 52.4 Å². The van der Waals surface area contributed by atoms with E-state index in [-0.39, 0.29) is 0 Å². The molecule has 4 heteroatoms. The molecule has 0 atom stereocenters. The topological polar surface area (TPSA) is 51.0 Å². The van der Waals surface area contributed by atoms with Crippen molar-refractivity contribution in [1.82, 2.24) is 4.98 Å². The molecule has 3 aromatic rings. The normalized spacial score (nSPS) is 11.2. The van der Waals surface area contributed by atoms with E-state index >= 15 is 0 Å². The van der Waals surface area contributed by atoms with Gasteiger partial charge in [0.1, 0.15) is 5.75 Å². The number of ether oxygens (including phenoxy) is 1. The number of unbranched alkanes of at least 4 members (excludes halogenated alkanes) is 1. The zero-order chi connectivity index (χ0) is 17.8. The van der Waals surface area contributed by atoms with E-state index in [1.54, 1.807) is 0 Å². The minimum Gasteiger partial charge on any atom is -0.493 e. The monoisotopic (exact) mass is 356 g/mol. The van der Waals surface area contributed by atoms with Crippen LogP contribution in [0, 0.1) is 6.92 Å². The van der Waals surface area contributed by atoms with Crippen molar-refractivity contribution in [2.24, 2.45) is 5.73 Å². The van der Waals surface area contributed by atoms with E-state index in [9.17, 15) is 0 Å². The van der Waals surface area contributed by atoms with Crippen molar-refractivity contribution in [1.29, 1.82) is 0 Å². The Labute approximate surface area is 154 Å². The summed E-state index contributed by atoms with van der Waals surface area (Å²) in [5.41, 5.74) is 11.5. The number of aryl methyl sites for hydroxylation is 2. The van der Waals surface area contributed by atoms with Gasteiger partial charge in [-0.15, -0.1) is 0 Å². The number of benzene rings is 2. The largest absolute Gasteiger partial charge is 0.493 e. The molecule has 0 amide bonds. The smallest absolute Gasteiger partial charge is 0.128 e. The molecule has 0 saturated carbocycles. The number of fused-ring (bicyclic) bond motifs is 1. The number of halogens is 1. The third-order valence-electron chi connectivity index (χ3n) is 4.51. The maximum atomic E-state index is 6.33. The molecule has 0 saturated heterocycles. The molecule has 3 rings (SSSR count). The number of aromatic amines is 1. The van der Waals surface area contributed by atoms with Crippen LogP contribution in [0.1, 0.15) is 30.9 Å². The summed E-state index contributed by atoms with van der Waals surface area (Å²) < 4.78 is 5.86. The lowest BCUT2D eigenvalue weighted by atomic mass is 9.99. The van der Waals surface area contributed by atoms with Gasteiger partial charge in [0.05, 0.1) is 12.3 Å². The molecule has 0 radical (unpaired) electrons. The van der Waals surface area contributed by atoms with E-state index in [1.165, 1.54) is 10.9 Å². The fraction of sp³-hybridized carbons (Fsp3) is 0.333. The van der Waals surface area contributed by atoms with Gasteiger partial charge >= 0.3 is 0 Å². The Bertz CT molecular complexity index is 870. The summed E-state index contributed by atoms with van der Waals surface area (Å²) in [6, 6.07) is 12.3. The highest BCUT2D eigenvalue weighted by Crippen LogP contribution is 2.38. The molecular formula is C21H25ClN2O. The quantitative estimate of drug-likeness (QED) is 0.551. The maximum Gasteiger partial charge on any atom is 0.128 e. The van der Waals surface area contributed by atoms with Crippen LogP contribution in [-0.2, 0) is 6.42 Å². The van der Waals surface area contributed by atoms with Crippen LogP contribution in [0.15, 0.2) is 36.4 Å². The third kappa shape index (κ3) is 3.68. The van der Waals surface area contributed by atoms with Crippen molar-refractivity contribution in [3.63, 3.8) is 0 Å². The van der Waals surface area contributed by atoms with Gasteiger partial charge in [0.2, 0.25) is 0 Å². The standard InChI is InChI=1S/C21H25ClN2O/c1-3-25-19-10-5-4-9-17(19)21-16(8-6-7-11-23)18-13-15(22)12-14(2)20(18)24-21/h4-5,9-10,12-13,24H,3,6-8,11,23H2,1-2H3. The fourth-order valence-corrected chi connectivity index (χ4v) is 3.65. The van der Waals surface area contributed by atoms with Crippen molar-refractivity contribution in [3.8, 4) is 17.0 Å². The molecule has 0 aliphatic carbocycles. The van der Waals surface area contributed by atoms with Crippen LogP contribution >= 0.6 is 11.6 Å². The van der Waals surface area contributed by atoms with E-state index in [0.29, 0.717) is 13.2 Å². The molecule has 0 aliphatic heterocycles. The lowest BCUT2D eigenvalue weighted by Gasteiger charge is -2.11. The Morgan fingerprint density at radius 3 is 2.72 bits per heavy atom. The predicted molar refractivity (Wildman–Crippen MR) is 107 cm³/mol. The molecule has 0 unspecified atom stereocenters. The summed E-state index contributed by atoms with van der Waals surface area (Å²) in [6.45, 7) is 5.46. The first kappa shape index (κ1) is 17.8. The lowest BCUT2D eigenvalue weighted by Crippen LogP contribution is -2.00. The van der Waals surface area contributed by atoms with Crippen LogP contribution in [0.4, 0.5) is 0 Å². The molecule has 1 aromatic heterocycles. The minimum atomic E-state index is 0.643. The van der Waals surface area contributed by atoms with Gasteiger partial charge < -0.3 is 15.5 Å². The molecule has 0 aliphatic rings. The fourth-order valence-electron chi connectivity index (χ4n) is 3.37. The molecule has 0 bridgehead atoms. The predicted octanol–water partition coefficient (Wildman–Crippen LogP) is 5.48. The van der Waals surface area contributed by atoms with Gasteiger partial charge in [-0.25, -0.2) is 0 Å². The summed E-state index contributed by atoms with van der Waals surface area (Å²) in [5.74, 6) is 0.903. The third-order valence-corrected chi connectivity index (χ3v) is 4.73. The van der Waals surface area contributed by atoms with Crippen molar-refractivity contribution < 1.29 is 4.74 Å². The van der Waals surface area contributed by atoms with Crippen molar-refractivity contribution >= 4 is 22.5 Å². The Kier molecular flexibility index (Phi) is 5.67. The van der Waals surface area contributed by atoms with E-state index in [2.05, 4.69) is 24.0 Å². The van der Waals surface area contributed by atoms with E-state index in [1.807, 2.05) is 31.2 Å². The average Bonchev–Trinajstić information content (AvgIpc) is 2.95. The van der Waals surface area contributed by atoms with Gasteiger partial charge in [0.15, 0.2) is 0 Å². The Hall–Kier alpha value is -1.97. The van der Waals surface area contributed by atoms with Gasteiger partial charge in [-0.2, -0.15) is 0 Å². The van der Waals surface area contributed by atoms with Crippen LogP contribution in [0.2, 0.25) is 5.02 Å². The first-order valence-corrected chi connectivity index (χ1v) is 9.26. The number of rotatable bonds is 7. The molecule has 132 valence electrons. The summed E-state index contributed by atoms with van der Waals surface area (Å²) in [5, 5.41) is 1.97. The van der Waals surface area contributed by atoms with Crippen molar-refractivity contribution in [3.05, 3.63) is 52.5 Å². The molecule has 1 heterocycles. The minimum absolute atomic E-state index is 0.643. The zero-order valence-corrected chi connectivity index (χ0v) is 15.6. The van der Waals surface area contributed by atoms with Crippen molar-refractivity contribution in [2.45, 2.75) is 33.1 Å². The highest BCUT2D eigenvalue weighted by atomic mass is 35.5. The van der Waals surface area contributed by atoms with Crippen LogP contribution in [0.3, 0.4) is 0 Å². The first-order valence-electron chi connectivity index (χ1n) is 8.88. The molecule has 0 spiro atoms. The highest BCUT2D eigenvalue weighted by molar-refractivity contribution is 6.31. The number of nitrogens with one attached hydrogen (secondary N) is 1. The molecule has 0 fully saturated rings. The Morgan fingerprint density at radius 2 is 1.96 bits per heavy atom. The van der Waals surface area contributed by atoms with Gasteiger partial charge in [-0.05, 0) is 75.0 Å². The first-order chi connectivity index (χ1) is 12.2. The van der Waals surface area contributed by atoms with Gasteiger partial charge in [0.25, 0.3) is 0 Å². The average molecular weight is 357 g/mol. The van der Waals surface area contributed by atoms with Crippen LogP contribution in [0.5, 0.6) is 5.75 Å². The summed E-state index contributed by atoms with van der Waals surface area (Å²) in [6.07, 6.45) is 3.03. The highest BCUT2D eigenvalue weighted by Gasteiger charge is 2.17. The Morgan fingerprint density at radius 1 is 1.16 bits per heavy atom. The number of nitrogens with two attached hydrogens (primary N) is 1. The molecule has 25 heavy (non-hydrogen) atoms. The second kappa shape index (κ2) is 7.94. The Balaban J connectivity index is 2.20. The molecule has 3 nitrogen and oxygen atoms in total. The number of hydrogen-bond donors (Lipinski definition) is 2. The van der Waals surface area contributed by atoms with E-state index in [4.69, 9.17) is 22.1 Å². The van der Waals surface area contributed by atoms with Crippen LogP contribution < -0.4 is 10.5 Å². The number of aromatic nitrogens is 1. The van der Waals surface area contributed by atoms with Gasteiger partial charge in [-0.1, -0.05) is 23.7 Å². The summed E-state index contributed by atoms with van der Waals surface area (Å²) >= 11 is 6.33. The van der Waals surface area contributed by atoms with Gasteiger partial charge in [-0.3, -0.25) is 0 Å². The molecular weight excluding hydrogens is 332 g/mol. The van der Waals surface area contributed by atoms with Gasteiger partial charge in [0, 0.05) is 21.5 Å². The SMILES string of the molecule is CCOc1ccccc1-c1[nH]c2c(C)cc(Cl)cc2c1CCCCN. The van der Waals surface area contributed by atoms with Crippen LogP contribution in [0.25, 0.3) is 22.2 Å². The molecule has 3 N–H and O–H groups in total. The number of H-pyrrole nitrogens is 1. The van der Waals surface area contributed by atoms with Crippen molar-refractivity contribution in [2.75, 3.05) is 13.2 Å².